The highest BCUT2D eigenvalue weighted by atomic mass is 35.5. The molecule has 0 aliphatic carbocycles. The summed E-state index contributed by atoms with van der Waals surface area (Å²) in [6, 6.07) is 8.98. The molecule has 0 radical (unpaired) electrons. The molecule has 22 heavy (non-hydrogen) atoms. The van der Waals surface area contributed by atoms with E-state index in [1.807, 2.05) is 12.1 Å². The van der Waals surface area contributed by atoms with Crippen molar-refractivity contribution in [2.75, 3.05) is 0 Å². The predicted molar refractivity (Wildman–Crippen MR) is 81.7 cm³/mol. The average molecular weight is 335 g/mol. The fourth-order valence-corrected chi connectivity index (χ4v) is 2.43. The van der Waals surface area contributed by atoms with Crippen LogP contribution in [-0.4, -0.2) is 20.2 Å². The molecule has 1 aromatic carbocycles. The highest BCUT2D eigenvalue weighted by molar-refractivity contribution is 7.98. The zero-order chi connectivity index (χ0) is 15.2. The Morgan fingerprint density at radius 1 is 1.09 bits per heavy atom. The molecular formula is C14H11ClN4O2S. The standard InChI is InChI=1S/C14H11ClN4O2S/c15-10-4-1-2-5-11(10)20-8-13-18-19-14(21-13)22-9-12-16-6-3-7-17-12/h1-7H,8-9H2. The van der Waals surface area contributed by atoms with E-state index in [2.05, 4.69) is 20.2 Å². The Labute approximate surface area is 135 Å². The van der Waals surface area contributed by atoms with Crippen molar-refractivity contribution in [2.24, 2.45) is 0 Å². The molecule has 2 aromatic heterocycles. The lowest BCUT2D eigenvalue weighted by atomic mass is 10.3. The molecule has 0 saturated heterocycles. The zero-order valence-corrected chi connectivity index (χ0v) is 12.9. The molecule has 6 nitrogen and oxygen atoms in total. The Kier molecular flexibility index (Phi) is 4.87. The lowest BCUT2D eigenvalue weighted by Crippen LogP contribution is -1.95. The summed E-state index contributed by atoms with van der Waals surface area (Å²) < 4.78 is 11.0. The number of rotatable bonds is 6. The number of benzene rings is 1. The van der Waals surface area contributed by atoms with Crippen LogP contribution in [0.4, 0.5) is 0 Å². The van der Waals surface area contributed by atoms with Crippen LogP contribution in [0.2, 0.25) is 5.02 Å². The van der Waals surface area contributed by atoms with Crippen molar-refractivity contribution in [3.8, 4) is 5.75 Å². The quantitative estimate of drug-likeness (QED) is 0.639. The SMILES string of the molecule is Clc1ccccc1OCc1nnc(SCc2ncccn2)o1. The van der Waals surface area contributed by atoms with E-state index in [1.165, 1.54) is 11.8 Å². The summed E-state index contributed by atoms with van der Waals surface area (Å²) in [5.41, 5.74) is 0. The minimum absolute atomic E-state index is 0.166. The van der Waals surface area contributed by atoms with E-state index in [9.17, 15) is 0 Å². The molecule has 0 bridgehead atoms. The topological polar surface area (TPSA) is 73.9 Å². The van der Waals surface area contributed by atoms with Gasteiger partial charge in [0.1, 0.15) is 11.6 Å². The van der Waals surface area contributed by atoms with Crippen LogP contribution in [0.5, 0.6) is 5.75 Å². The van der Waals surface area contributed by atoms with Crippen molar-refractivity contribution >= 4 is 23.4 Å². The second-order valence-electron chi connectivity index (χ2n) is 4.13. The highest BCUT2D eigenvalue weighted by Crippen LogP contribution is 2.25. The molecule has 0 saturated carbocycles. The van der Waals surface area contributed by atoms with Crippen LogP contribution in [0.25, 0.3) is 0 Å². The van der Waals surface area contributed by atoms with E-state index in [1.54, 1.807) is 30.6 Å². The zero-order valence-electron chi connectivity index (χ0n) is 11.3. The molecule has 3 aromatic rings. The third-order valence-electron chi connectivity index (χ3n) is 2.58. The lowest BCUT2D eigenvalue weighted by Gasteiger charge is -2.04. The maximum Gasteiger partial charge on any atom is 0.277 e. The van der Waals surface area contributed by atoms with E-state index < -0.39 is 0 Å². The number of ether oxygens (including phenoxy) is 1. The van der Waals surface area contributed by atoms with Crippen LogP contribution in [0.15, 0.2) is 52.4 Å². The minimum Gasteiger partial charge on any atom is -0.482 e. The van der Waals surface area contributed by atoms with Gasteiger partial charge in [0.25, 0.3) is 11.1 Å². The third-order valence-corrected chi connectivity index (χ3v) is 3.71. The van der Waals surface area contributed by atoms with Gasteiger partial charge < -0.3 is 9.15 Å². The molecule has 0 spiro atoms. The van der Waals surface area contributed by atoms with Gasteiger partial charge in [-0.25, -0.2) is 9.97 Å². The van der Waals surface area contributed by atoms with Crippen LogP contribution in [0, 0.1) is 0 Å². The van der Waals surface area contributed by atoms with Crippen molar-refractivity contribution in [2.45, 2.75) is 17.6 Å². The van der Waals surface area contributed by atoms with Crippen molar-refractivity contribution < 1.29 is 9.15 Å². The smallest absolute Gasteiger partial charge is 0.277 e. The first kappa shape index (κ1) is 14.8. The fourth-order valence-electron chi connectivity index (χ4n) is 1.59. The van der Waals surface area contributed by atoms with Gasteiger partial charge in [-0.3, -0.25) is 0 Å². The number of aromatic nitrogens is 4. The minimum atomic E-state index is 0.166. The van der Waals surface area contributed by atoms with Gasteiger partial charge in [0, 0.05) is 12.4 Å². The van der Waals surface area contributed by atoms with Gasteiger partial charge in [0.2, 0.25) is 0 Å². The summed E-state index contributed by atoms with van der Waals surface area (Å²) in [6.07, 6.45) is 3.39. The van der Waals surface area contributed by atoms with Gasteiger partial charge in [-0.2, -0.15) is 0 Å². The molecule has 112 valence electrons. The summed E-state index contributed by atoms with van der Waals surface area (Å²) in [5, 5.41) is 8.86. The van der Waals surface area contributed by atoms with Gasteiger partial charge in [0.05, 0.1) is 10.8 Å². The second-order valence-corrected chi connectivity index (χ2v) is 5.47. The summed E-state index contributed by atoms with van der Waals surface area (Å²) in [7, 11) is 0. The molecular weight excluding hydrogens is 324 g/mol. The van der Waals surface area contributed by atoms with Gasteiger partial charge in [-0.05, 0) is 18.2 Å². The Hall–Kier alpha value is -2.12. The van der Waals surface area contributed by atoms with E-state index in [-0.39, 0.29) is 6.61 Å². The molecule has 0 N–H and O–H groups in total. The first-order valence-corrected chi connectivity index (χ1v) is 7.76. The average Bonchev–Trinajstić information content (AvgIpc) is 3.01. The maximum atomic E-state index is 6.00. The molecule has 2 heterocycles. The number of hydrogen-bond acceptors (Lipinski definition) is 7. The third kappa shape index (κ3) is 3.96. The molecule has 0 unspecified atom stereocenters. The number of hydrogen-bond donors (Lipinski definition) is 0. The molecule has 0 atom stereocenters. The number of nitrogens with zero attached hydrogens (tertiary/aromatic N) is 4. The first-order chi connectivity index (χ1) is 10.8. The summed E-state index contributed by atoms with van der Waals surface area (Å²) >= 11 is 7.38. The van der Waals surface area contributed by atoms with Crippen LogP contribution < -0.4 is 4.74 Å². The van der Waals surface area contributed by atoms with Gasteiger partial charge in [-0.15, -0.1) is 10.2 Å². The van der Waals surface area contributed by atoms with E-state index in [0.717, 1.165) is 0 Å². The molecule has 3 rings (SSSR count). The van der Waals surface area contributed by atoms with Gasteiger partial charge in [-0.1, -0.05) is 35.5 Å². The normalized spacial score (nSPS) is 10.6. The number of thioether (sulfide) groups is 1. The van der Waals surface area contributed by atoms with Crippen molar-refractivity contribution in [3.63, 3.8) is 0 Å². The Morgan fingerprint density at radius 3 is 2.73 bits per heavy atom. The molecule has 0 amide bonds. The van der Waals surface area contributed by atoms with E-state index in [0.29, 0.717) is 33.5 Å². The van der Waals surface area contributed by atoms with E-state index >= 15 is 0 Å². The van der Waals surface area contributed by atoms with Gasteiger partial charge >= 0.3 is 0 Å². The summed E-state index contributed by atoms with van der Waals surface area (Å²) in [4.78, 5) is 8.25. The second kappa shape index (κ2) is 7.24. The molecule has 0 aliphatic heterocycles. The number of halogens is 1. The Bertz CT molecular complexity index is 738. The molecule has 8 heteroatoms. The summed E-state index contributed by atoms with van der Waals surface area (Å²) in [5.74, 6) is 2.23. The van der Waals surface area contributed by atoms with Crippen LogP contribution in [0.1, 0.15) is 11.7 Å². The van der Waals surface area contributed by atoms with Crippen molar-refractivity contribution in [1.29, 1.82) is 0 Å². The Morgan fingerprint density at radius 2 is 1.91 bits per heavy atom. The highest BCUT2D eigenvalue weighted by Gasteiger charge is 2.09. The van der Waals surface area contributed by atoms with Crippen molar-refractivity contribution in [3.05, 3.63) is 59.5 Å². The maximum absolute atomic E-state index is 6.00. The van der Waals surface area contributed by atoms with Crippen LogP contribution in [0.3, 0.4) is 0 Å². The molecule has 0 aliphatic rings. The van der Waals surface area contributed by atoms with Gasteiger partial charge in [0.15, 0.2) is 6.61 Å². The fraction of sp³-hybridized carbons (Fsp3) is 0.143. The monoisotopic (exact) mass is 334 g/mol. The predicted octanol–water partition coefficient (Wildman–Crippen LogP) is 3.38. The summed E-state index contributed by atoms with van der Waals surface area (Å²) in [6.45, 7) is 0.166. The first-order valence-electron chi connectivity index (χ1n) is 6.39. The van der Waals surface area contributed by atoms with Crippen LogP contribution in [-0.2, 0) is 12.4 Å². The van der Waals surface area contributed by atoms with Crippen molar-refractivity contribution in [1.82, 2.24) is 20.2 Å². The molecule has 0 fully saturated rings. The van der Waals surface area contributed by atoms with Crippen LogP contribution >= 0.6 is 23.4 Å². The Balaban J connectivity index is 1.54. The lowest BCUT2D eigenvalue weighted by molar-refractivity contribution is 0.252. The van der Waals surface area contributed by atoms with E-state index in [4.69, 9.17) is 20.8 Å². The number of para-hydroxylation sites is 1. The largest absolute Gasteiger partial charge is 0.482 e.